The van der Waals surface area contributed by atoms with Crippen LogP contribution in [0.15, 0.2) is 54.6 Å². The molecule has 21 heavy (non-hydrogen) atoms. The summed E-state index contributed by atoms with van der Waals surface area (Å²) >= 11 is 0. The van der Waals surface area contributed by atoms with E-state index in [4.69, 9.17) is 20.4 Å². The average Bonchev–Trinajstić information content (AvgIpc) is 2.48. The van der Waals surface area contributed by atoms with Gasteiger partial charge in [0.2, 0.25) is 0 Å². The molecule has 2 aromatic rings. The Morgan fingerprint density at radius 3 is 1.81 bits per heavy atom. The highest BCUT2D eigenvalue weighted by Crippen LogP contribution is 2.14. The van der Waals surface area contributed by atoms with E-state index in [2.05, 4.69) is 0 Å². The van der Waals surface area contributed by atoms with Crippen molar-refractivity contribution in [2.45, 2.75) is 6.10 Å². The number of aliphatic hydroxyl groups is 1. The molecule has 2 rings (SSSR count). The van der Waals surface area contributed by atoms with E-state index in [1.165, 1.54) is 12.1 Å². The summed E-state index contributed by atoms with van der Waals surface area (Å²) in [5, 5.41) is 34.7. The van der Waals surface area contributed by atoms with Gasteiger partial charge in [-0.1, -0.05) is 42.5 Å². The first-order chi connectivity index (χ1) is 9.93. The molecule has 0 saturated heterocycles. The number of aromatic hydroxyl groups is 1. The molecule has 0 spiro atoms. The molecule has 6 nitrogen and oxygen atoms in total. The molecular weight excluding hydrogens is 276 g/mol. The van der Waals surface area contributed by atoms with Crippen molar-refractivity contribution in [2.75, 3.05) is 0 Å². The predicted molar refractivity (Wildman–Crippen MR) is 74.1 cm³/mol. The van der Waals surface area contributed by atoms with Crippen molar-refractivity contribution in [3.63, 3.8) is 0 Å². The molecule has 0 fully saturated rings. The lowest BCUT2D eigenvalue weighted by atomic mass is 10.1. The van der Waals surface area contributed by atoms with Crippen molar-refractivity contribution in [3.05, 3.63) is 65.7 Å². The number of carboxylic acid groups (broad SMARTS) is 2. The molecule has 0 aliphatic heterocycles. The van der Waals surface area contributed by atoms with Gasteiger partial charge in [-0.15, -0.1) is 0 Å². The van der Waals surface area contributed by atoms with Gasteiger partial charge in [-0.3, -0.25) is 0 Å². The van der Waals surface area contributed by atoms with Crippen LogP contribution < -0.4 is 0 Å². The van der Waals surface area contributed by atoms with Crippen molar-refractivity contribution in [1.29, 1.82) is 0 Å². The van der Waals surface area contributed by atoms with Gasteiger partial charge in [0.1, 0.15) is 11.3 Å². The maximum Gasteiger partial charge on any atom is 0.339 e. The Morgan fingerprint density at radius 2 is 1.38 bits per heavy atom. The Labute approximate surface area is 120 Å². The molecule has 0 radical (unpaired) electrons. The summed E-state index contributed by atoms with van der Waals surface area (Å²) in [6.07, 6.45) is -1.41. The first kappa shape index (κ1) is 16.2. The second kappa shape index (κ2) is 7.66. The van der Waals surface area contributed by atoms with E-state index in [0.717, 1.165) is 0 Å². The number of aliphatic carboxylic acids is 1. The normalized spacial score (nSPS) is 10.9. The number of aliphatic hydroxyl groups excluding tert-OH is 1. The van der Waals surface area contributed by atoms with E-state index in [9.17, 15) is 9.59 Å². The van der Waals surface area contributed by atoms with E-state index in [0.29, 0.717) is 5.56 Å². The lowest BCUT2D eigenvalue weighted by Crippen LogP contribution is -2.09. The number of hydrogen-bond donors (Lipinski definition) is 4. The Kier molecular flexibility index (Phi) is 5.91. The Balaban J connectivity index is 0.000000211. The van der Waals surface area contributed by atoms with Crippen LogP contribution in [-0.4, -0.2) is 32.4 Å². The van der Waals surface area contributed by atoms with Gasteiger partial charge in [0.05, 0.1) is 0 Å². The Morgan fingerprint density at radius 1 is 0.857 bits per heavy atom. The molecule has 0 aliphatic rings. The van der Waals surface area contributed by atoms with Crippen LogP contribution in [-0.2, 0) is 4.79 Å². The number of carboxylic acids is 2. The number of benzene rings is 2. The molecule has 6 heteroatoms. The Hall–Kier alpha value is -2.86. The van der Waals surface area contributed by atoms with Crippen molar-refractivity contribution in [3.8, 4) is 5.75 Å². The van der Waals surface area contributed by atoms with Crippen LogP contribution in [0.5, 0.6) is 5.75 Å². The summed E-state index contributed by atoms with van der Waals surface area (Å²) in [7, 11) is 0. The van der Waals surface area contributed by atoms with E-state index in [-0.39, 0.29) is 11.3 Å². The second-order valence-electron chi connectivity index (χ2n) is 3.97. The van der Waals surface area contributed by atoms with Gasteiger partial charge in [0.25, 0.3) is 0 Å². The van der Waals surface area contributed by atoms with Gasteiger partial charge in [0.15, 0.2) is 6.10 Å². The van der Waals surface area contributed by atoms with Crippen LogP contribution in [0, 0.1) is 0 Å². The SMILES string of the molecule is O=C(O)C(O)c1ccccc1.O=C(O)c1ccccc1O. The fraction of sp³-hybridized carbons (Fsp3) is 0.0667. The molecule has 2 aromatic carbocycles. The fourth-order valence-electron chi connectivity index (χ4n) is 1.43. The topological polar surface area (TPSA) is 115 Å². The van der Waals surface area contributed by atoms with Crippen LogP contribution >= 0.6 is 0 Å². The lowest BCUT2D eigenvalue weighted by Gasteiger charge is -2.03. The molecule has 0 aliphatic carbocycles. The van der Waals surface area contributed by atoms with Crippen LogP contribution in [0.25, 0.3) is 0 Å². The van der Waals surface area contributed by atoms with Gasteiger partial charge in [-0.2, -0.15) is 0 Å². The lowest BCUT2D eigenvalue weighted by molar-refractivity contribution is -0.146. The maximum absolute atomic E-state index is 10.3. The molecule has 4 N–H and O–H groups in total. The number of para-hydroxylation sites is 1. The molecule has 1 unspecified atom stereocenters. The third-order valence-electron chi connectivity index (χ3n) is 2.48. The van der Waals surface area contributed by atoms with Crippen molar-refractivity contribution in [2.24, 2.45) is 0 Å². The quantitative estimate of drug-likeness (QED) is 0.686. The van der Waals surface area contributed by atoms with E-state index >= 15 is 0 Å². The second-order valence-corrected chi connectivity index (χ2v) is 3.97. The molecule has 0 aromatic heterocycles. The molecular formula is C15H14O6. The zero-order valence-electron chi connectivity index (χ0n) is 10.9. The number of rotatable bonds is 3. The number of carbonyl (C=O) groups is 2. The van der Waals surface area contributed by atoms with Gasteiger partial charge in [-0.25, -0.2) is 9.59 Å². The highest BCUT2D eigenvalue weighted by atomic mass is 16.4. The smallest absolute Gasteiger partial charge is 0.339 e. The summed E-state index contributed by atoms with van der Waals surface area (Å²) in [5.41, 5.74) is 0.336. The minimum absolute atomic E-state index is 0.0671. The fourth-order valence-corrected chi connectivity index (χ4v) is 1.43. The predicted octanol–water partition coefficient (Wildman–Crippen LogP) is 1.90. The van der Waals surface area contributed by atoms with E-state index in [1.807, 2.05) is 0 Å². The molecule has 110 valence electrons. The van der Waals surface area contributed by atoms with Gasteiger partial charge in [-0.05, 0) is 17.7 Å². The number of aromatic carboxylic acids is 1. The zero-order chi connectivity index (χ0) is 15.8. The summed E-state index contributed by atoms with van der Waals surface area (Å²) in [6.45, 7) is 0. The van der Waals surface area contributed by atoms with Crippen molar-refractivity contribution < 1.29 is 30.0 Å². The van der Waals surface area contributed by atoms with Crippen molar-refractivity contribution in [1.82, 2.24) is 0 Å². The molecule has 0 bridgehead atoms. The van der Waals surface area contributed by atoms with Gasteiger partial charge >= 0.3 is 11.9 Å². The zero-order valence-corrected chi connectivity index (χ0v) is 10.9. The summed E-state index contributed by atoms with van der Waals surface area (Å²) in [5.74, 6) is -2.54. The monoisotopic (exact) mass is 290 g/mol. The van der Waals surface area contributed by atoms with E-state index in [1.54, 1.807) is 42.5 Å². The van der Waals surface area contributed by atoms with Gasteiger partial charge < -0.3 is 20.4 Å². The maximum atomic E-state index is 10.3. The largest absolute Gasteiger partial charge is 0.507 e. The van der Waals surface area contributed by atoms with Gasteiger partial charge in [0, 0.05) is 0 Å². The Bertz CT molecular complexity index is 609. The third-order valence-corrected chi connectivity index (χ3v) is 2.48. The first-order valence-corrected chi connectivity index (χ1v) is 5.90. The summed E-state index contributed by atoms with van der Waals surface area (Å²) in [6, 6.07) is 14.1. The highest BCUT2D eigenvalue weighted by molar-refractivity contribution is 5.90. The van der Waals surface area contributed by atoms with Crippen LogP contribution in [0.2, 0.25) is 0 Å². The highest BCUT2D eigenvalue weighted by Gasteiger charge is 2.14. The third kappa shape index (κ3) is 4.96. The molecule has 0 heterocycles. The van der Waals surface area contributed by atoms with Crippen molar-refractivity contribution >= 4 is 11.9 Å². The molecule has 0 saturated carbocycles. The minimum Gasteiger partial charge on any atom is -0.507 e. The van der Waals surface area contributed by atoms with Crippen LogP contribution in [0.4, 0.5) is 0 Å². The van der Waals surface area contributed by atoms with Crippen LogP contribution in [0.3, 0.4) is 0 Å². The molecule has 1 atom stereocenters. The average molecular weight is 290 g/mol. The van der Waals surface area contributed by atoms with Crippen LogP contribution in [0.1, 0.15) is 22.0 Å². The molecule has 0 amide bonds. The summed E-state index contributed by atoms with van der Waals surface area (Å²) < 4.78 is 0. The summed E-state index contributed by atoms with van der Waals surface area (Å²) in [4.78, 5) is 20.5. The first-order valence-electron chi connectivity index (χ1n) is 5.90. The standard InChI is InChI=1S/C8H8O3.C7H6O3/c9-7(8(10)11)6-4-2-1-3-5-6;8-6-4-2-1-3-5(6)7(9)10/h1-5,7,9H,(H,10,11);1-4,8H,(H,9,10). The number of hydrogen-bond acceptors (Lipinski definition) is 4. The van der Waals surface area contributed by atoms with E-state index < -0.39 is 18.0 Å². The number of phenols is 1. The minimum atomic E-state index is -1.41.